The summed E-state index contributed by atoms with van der Waals surface area (Å²) in [4.78, 5) is 3.95. The molecule has 0 aromatic carbocycles. The summed E-state index contributed by atoms with van der Waals surface area (Å²) >= 11 is 1.33. The van der Waals surface area contributed by atoms with Crippen molar-refractivity contribution in [2.24, 2.45) is 5.41 Å². The van der Waals surface area contributed by atoms with E-state index in [1.807, 2.05) is 6.92 Å². The molecule has 2 heterocycles. The van der Waals surface area contributed by atoms with Crippen LogP contribution in [0.1, 0.15) is 32.6 Å². The topological polar surface area (TPSA) is 50.3 Å². The molecule has 0 N–H and O–H groups in total. The lowest BCUT2D eigenvalue weighted by atomic mass is 9.68. The second-order valence-electron chi connectivity index (χ2n) is 5.28. The molecule has 3 rings (SSSR count). The van der Waals surface area contributed by atoms with Gasteiger partial charge in [-0.3, -0.25) is 0 Å². The quantitative estimate of drug-likeness (QED) is 0.828. The molecule has 0 amide bonds. The van der Waals surface area contributed by atoms with E-state index in [4.69, 9.17) is 0 Å². The number of aromatic nitrogens is 1. The van der Waals surface area contributed by atoms with Crippen LogP contribution in [0.3, 0.4) is 0 Å². The van der Waals surface area contributed by atoms with Gasteiger partial charge in [0.25, 0.3) is 10.0 Å². The van der Waals surface area contributed by atoms with E-state index >= 15 is 0 Å². The lowest BCUT2D eigenvalue weighted by Crippen LogP contribution is -2.37. The van der Waals surface area contributed by atoms with Crippen LogP contribution in [0, 0.1) is 5.41 Å². The van der Waals surface area contributed by atoms with Crippen molar-refractivity contribution < 1.29 is 8.42 Å². The van der Waals surface area contributed by atoms with E-state index in [0.29, 0.717) is 6.54 Å². The fraction of sp³-hybridized carbons (Fsp3) is 0.727. The SMILES string of the molecule is CC1CC2(CCC2)CN1S(=O)(=O)c1cscn1. The second-order valence-corrected chi connectivity index (χ2v) is 7.84. The summed E-state index contributed by atoms with van der Waals surface area (Å²) in [6.45, 7) is 2.70. The van der Waals surface area contributed by atoms with Crippen molar-refractivity contribution in [3.8, 4) is 0 Å². The van der Waals surface area contributed by atoms with Gasteiger partial charge in [0.05, 0.1) is 5.51 Å². The molecule has 1 unspecified atom stereocenters. The molecule has 2 fully saturated rings. The van der Waals surface area contributed by atoms with Gasteiger partial charge in [0, 0.05) is 18.0 Å². The van der Waals surface area contributed by atoms with Crippen molar-refractivity contribution in [1.82, 2.24) is 9.29 Å². The van der Waals surface area contributed by atoms with Crippen LogP contribution >= 0.6 is 11.3 Å². The van der Waals surface area contributed by atoms with Gasteiger partial charge in [0.15, 0.2) is 5.03 Å². The molecule has 0 bridgehead atoms. The highest BCUT2D eigenvalue weighted by Crippen LogP contribution is 2.51. The van der Waals surface area contributed by atoms with E-state index in [9.17, 15) is 8.42 Å². The average molecular weight is 272 g/mol. The van der Waals surface area contributed by atoms with Crippen LogP contribution in [0.2, 0.25) is 0 Å². The van der Waals surface area contributed by atoms with Gasteiger partial charge in [-0.2, -0.15) is 4.31 Å². The molecule has 0 radical (unpaired) electrons. The van der Waals surface area contributed by atoms with Gasteiger partial charge in [-0.05, 0) is 31.6 Å². The molecule has 17 heavy (non-hydrogen) atoms. The smallest absolute Gasteiger partial charge is 0.232 e. The Kier molecular flexibility index (Phi) is 2.57. The van der Waals surface area contributed by atoms with Gasteiger partial charge in [0.1, 0.15) is 0 Å². The molecular formula is C11H16N2O2S2. The number of hydrogen-bond acceptors (Lipinski definition) is 4. The number of rotatable bonds is 2. The third-order valence-corrected chi connectivity index (χ3v) is 6.70. The monoisotopic (exact) mass is 272 g/mol. The van der Waals surface area contributed by atoms with Crippen molar-refractivity contribution in [3.05, 3.63) is 10.9 Å². The van der Waals surface area contributed by atoms with Gasteiger partial charge in [-0.25, -0.2) is 13.4 Å². The highest BCUT2D eigenvalue weighted by molar-refractivity contribution is 7.89. The van der Waals surface area contributed by atoms with Gasteiger partial charge in [-0.1, -0.05) is 6.42 Å². The van der Waals surface area contributed by atoms with Crippen LogP contribution in [0.4, 0.5) is 0 Å². The molecule has 1 saturated heterocycles. The van der Waals surface area contributed by atoms with Crippen LogP contribution in [-0.4, -0.2) is 30.3 Å². The molecule has 4 nitrogen and oxygen atoms in total. The van der Waals surface area contributed by atoms with E-state index in [1.165, 1.54) is 30.6 Å². The fourth-order valence-corrected chi connectivity index (χ4v) is 5.64. The maximum Gasteiger partial charge on any atom is 0.261 e. The third-order valence-electron chi connectivity index (χ3n) is 4.11. The minimum Gasteiger partial charge on any atom is -0.232 e. The lowest BCUT2D eigenvalue weighted by Gasteiger charge is -2.37. The summed E-state index contributed by atoms with van der Waals surface area (Å²) in [7, 11) is -3.36. The van der Waals surface area contributed by atoms with E-state index in [2.05, 4.69) is 4.98 Å². The first-order chi connectivity index (χ1) is 8.04. The molecule has 1 aromatic rings. The van der Waals surface area contributed by atoms with Gasteiger partial charge in [0.2, 0.25) is 0 Å². The van der Waals surface area contributed by atoms with Crippen molar-refractivity contribution in [2.75, 3.05) is 6.54 Å². The van der Waals surface area contributed by atoms with Gasteiger partial charge in [-0.15, -0.1) is 11.3 Å². The molecule has 1 atom stereocenters. The zero-order chi connectivity index (χ0) is 12.1. The summed E-state index contributed by atoms with van der Waals surface area (Å²) < 4.78 is 26.5. The van der Waals surface area contributed by atoms with Gasteiger partial charge < -0.3 is 0 Å². The summed E-state index contributed by atoms with van der Waals surface area (Å²) in [5.41, 5.74) is 1.86. The van der Waals surface area contributed by atoms with Gasteiger partial charge >= 0.3 is 0 Å². The predicted octanol–water partition coefficient (Wildman–Crippen LogP) is 2.10. The van der Waals surface area contributed by atoms with Crippen LogP contribution in [0.25, 0.3) is 0 Å². The molecule has 1 spiro atoms. The van der Waals surface area contributed by atoms with Crippen LogP contribution in [0.15, 0.2) is 15.9 Å². The van der Waals surface area contributed by atoms with E-state index in [-0.39, 0.29) is 16.5 Å². The molecule has 2 aliphatic rings. The number of hydrogen-bond donors (Lipinski definition) is 0. The summed E-state index contributed by atoms with van der Waals surface area (Å²) in [6, 6.07) is 0.113. The molecule has 1 aromatic heterocycles. The Morgan fingerprint density at radius 1 is 1.53 bits per heavy atom. The maximum absolute atomic E-state index is 12.4. The number of nitrogens with zero attached hydrogens (tertiary/aromatic N) is 2. The molecule has 94 valence electrons. The Morgan fingerprint density at radius 3 is 2.76 bits per heavy atom. The van der Waals surface area contributed by atoms with Crippen LogP contribution in [0.5, 0.6) is 0 Å². The fourth-order valence-electron chi connectivity index (χ4n) is 3.09. The molecule has 1 saturated carbocycles. The van der Waals surface area contributed by atoms with Crippen molar-refractivity contribution in [2.45, 2.75) is 43.7 Å². The number of thiazole rings is 1. The Hall–Kier alpha value is -0.460. The molecule has 1 aliphatic carbocycles. The average Bonchev–Trinajstić information content (AvgIpc) is 2.82. The van der Waals surface area contributed by atoms with Crippen molar-refractivity contribution in [3.63, 3.8) is 0 Å². The lowest BCUT2D eigenvalue weighted by molar-refractivity contribution is 0.152. The molecule has 1 aliphatic heterocycles. The Labute approximate surface area is 106 Å². The normalized spacial score (nSPS) is 28.4. The highest BCUT2D eigenvalue weighted by Gasteiger charge is 2.50. The Bertz CT molecular complexity index is 506. The zero-order valence-corrected chi connectivity index (χ0v) is 11.4. The minimum atomic E-state index is -3.36. The Balaban J connectivity index is 1.90. The first-order valence-electron chi connectivity index (χ1n) is 5.94. The first kappa shape index (κ1) is 11.6. The van der Waals surface area contributed by atoms with Crippen molar-refractivity contribution in [1.29, 1.82) is 0 Å². The first-order valence-corrected chi connectivity index (χ1v) is 8.32. The third kappa shape index (κ3) is 1.73. The van der Waals surface area contributed by atoms with E-state index in [0.717, 1.165) is 6.42 Å². The van der Waals surface area contributed by atoms with Crippen LogP contribution in [-0.2, 0) is 10.0 Å². The predicted molar refractivity (Wildman–Crippen MR) is 66.4 cm³/mol. The van der Waals surface area contributed by atoms with E-state index < -0.39 is 10.0 Å². The minimum absolute atomic E-state index is 0.113. The van der Waals surface area contributed by atoms with Crippen molar-refractivity contribution >= 4 is 21.4 Å². The summed E-state index contributed by atoms with van der Waals surface area (Å²) in [5, 5.41) is 1.83. The van der Waals surface area contributed by atoms with Crippen LogP contribution < -0.4 is 0 Å². The standard InChI is InChI=1S/C11H16N2O2S2/c1-9-5-11(3-2-4-11)7-13(9)17(14,15)10-6-16-8-12-10/h6,8-9H,2-5,7H2,1H3. The highest BCUT2D eigenvalue weighted by atomic mass is 32.2. The maximum atomic E-state index is 12.4. The molecule has 6 heteroatoms. The second kappa shape index (κ2) is 3.76. The number of sulfonamides is 1. The Morgan fingerprint density at radius 2 is 2.29 bits per heavy atom. The summed E-state index contributed by atoms with van der Waals surface area (Å²) in [5.74, 6) is 0. The molecular weight excluding hydrogens is 256 g/mol. The zero-order valence-electron chi connectivity index (χ0n) is 9.80. The van der Waals surface area contributed by atoms with E-state index in [1.54, 1.807) is 15.2 Å². The largest absolute Gasteiger partial charge is 0.261 e. The summed E-state index contributed by atoms with van der Waals surface area (Å²) in [6.07, 6.45) is 4.62.